The molecule has 0 heterocycles. The Balaban J connectivity index is 2.23. The first-order chi connectivity index (χ1) is 13.2. The van der Waals surface area contributed by atoms with Gasteiger partial charge in [0.2, 0.25) is 0 Å². The van der Waals surface area contributed by atoms with Crippen molar-refractivity contribution in [1.29, 1.82) is 0 Å². The average molecular weight is 373 g/mol. The molecule has 150 valence electrons. The van der Waals surface area contributed by atoms with E-state index < -0.39 is 0 Å². The van der Waals surface area contributed by atoms with Crippen LogP contribution in [0.25, 0.3) is 6.08 Å². The van der Waals surface area contributed by atoms with E-state index in [0.717, 1.165) is 24.8 Å². The number of ether oxygens (including phenoxy) is 1. The average Bonchev–Trinajstić information content (AvgIpc) is 2.66. The first-order valence-corrected chi connectivity index (χ1v) is 10.5. The Labute approximate surface area is 165 Å². The Morgan fingerprint density at radius 1 is 0.963 bits per heavy atom. The largest absolute Gasteiger partial charge is 0.504 e. The van der Waals surface area contributed by atoms with Crippen molar-refractivity contribution in [3.8, 4) is 11.5 Å². The van der Waals surface area contributed by atoms with E-state index in [1.807, 2.05) is 25.1 Å². The molecule has 0 aliphatic rings. The Morgan fingerprint density at radius 2 is 1.67 bits per heavy atom. The van der Waals surface area contributed by atoms with Gasteiger partial charge in [0, 0.05) is 6.42 Å². The molecule has 1 rings (SSSR count). The lowest BCUT2D eigenvalue weighted by molar-refractivity contribution is -0.114. The second-order valence-corrected chi connectivity index (χ2v) is 6.99. The number of unbranched alkanes of at least 4 members (excludes halogenated alkanes) is 7. The quantitative estimate of drug-likeness (QED) is 0.208. The highest BCUT2D eigenvalue weighted by atomic mass is 16.5. The zero-order chi connectivity index (χ0) is 19.7. The fraction of sp³-hybridized carbons (Fsp3) is 0.542. The number of hydrogen-bond acceptors (Lipinski definition) is 3. The lowest BCUT2D eigenvalue weighted by Crippen LogP contribution is -1.95. The van der Waals surface area contributed by atoms with Gasteiger partial charge >= 0.3 is 0 Å². The maximum Gasteiger partial charge on any atom is 0.160 e. The maximum atomic E-state index is 11.9. The molecule has 0 amide bonds. The highest BCUT2D eigenvalue weighted by Crippen LogP contribution is 2.27. The Hall–Kier alpha value is -2.03. The lowest BCUT2D eigenvalue weighted by Gasteiger charge is -2.06. The third-order valence-corrected chi connectivity index (χ3v) is 4.40. The Morgan fingerprint density at radius 3 is 2.33 bits per heavy atom. The van der Waals surface area contributed by atoms with E-state index in [2.05, 4.69) is 6.92 Å². The number of carbonyl (C=O) groups excluding carboxylic acids is 1. The monoisotopic (exact) mass is 372 g/mol. The SMILES string of the molecule is CCCCCCCCCCC(=O)C=CC=Cc1ccc(OCCC)c(O)c1. The third kappa shape index (κ3) is 11.3. The van der Waals surface area contributed by atoms with E-state index >= 15 is 0 Å². The predicted molar refractivity (Wildman–Crippen MR) is 114 cm³/mol. The number of ketones is 1. The summed E-state index contributed by atoms with van der Waals surface area (Å²) in [6, 6.07) is 5.32. The van der Waals surface area contributed by atoms with E-state index in [9.17, 15) is 9.90 Å². The van der Waals surface area contributed by atoms with Gasteiger partial charge in [0.25, 0.3) is 0 Å². The van der Waals surface area contributed by atoms with Crippen molar-refractivity contribution < 1.29 is 14.6 Å². The van der Waals surface area contributed by atoms with Crippen molar-refractivity contribution in [2.24, 2.45) is 0 Å². The Bertz CT molecular complexity index is 587. The van der Waals surface area contributed by atoms with Gasteiger partial charge in [-0.25, -0.2) is 0 Å². The van der Waals surface area contributed by atoms with Crippen LogP contribution in [0, 0.1) is 0 Å². The van der Waals surface area contributed by atoms with E-state index in [0.29, 0.717) is 18.8 Å². The van der Waals surface area contributed by atoms with Crippen molar-refractivity contribution in [3.05, 3.63) is 42.0 Å². The summed E-state index contributed by atoms with van der Waals surface area (Å²) in [7, 11) is 0. The van der Waals surface area contributed by atoms with Gasteiger partial charge in [0.1, 0.15) is 0 Å². The van der Waals surface area contributed by atoms with Gasteiger partial charge < -0.3 is 9.84 Å². The molecule has 0 aliphatic carbocycles. The van der Waals surface area contributed by atoms with E-state index in [1.54, 1.807) is 24.3 Å². The van der Waals surface area contributed by atoms with Gasteiger partial charge in [-0.15, -0.1) is 0 Å². The molecule has 1 N–H and O–H groups in total. The van der Waals surface area contributed by atoms with Crippen LogP contribution in [-0.2, 0) is 4.79 Å². The number of carbonyl (C=O) groups is 1. The van der Waals surface area contributed by atoms with E-state index in [4.69, 9.17) is 4.74 Å². The van der Waals surface area contributed by atoms with Crippen LogP contribution in [0.2, 0.25) is 0 Å². The molecule has 1 aromatic carbocycles. The molecule has 1 aromatic rings. The summed E-state index contributed by atoms with van der Waals surface area (Å²) in [6.45, 7) is 4.85. The molecule has 0 saturated carbocycles. The number of hydrogen-bond donors (Lipinski definition) is 1. The molecule has 27 heavy (non-hydrogen) atoms. The minimum absolute atomic E-state index is 0.139. The number of phenolic OH excluding ortho intramolecular Hbond substituents is 1. The topological polar surface area (TPSA) is 46.5 Å². The number of aromatic hydroxyl groups is 1. The van der Waals surface area contributed by atoms with Gasteiger partial charge in [-0.1, -0.05) is 83.1 Å². The zero-order valence-electron chi connectivity index (χ0n) is 17.1. The maximum absolute atomic E-state index is 11.9. The first kappa shape index (κ1) is 23.0. The van der Waals surface area contributed by atoms with Gasteiger partial charge in [-0.05, 0) is 36.6 Å². The Kier molecular flexibility index (Phi) is 12.8. The minimum atomic E-state index is 0.139. The van der Waals surface area contributed by atoms with Crippen LogP contribution in [0.5, 0.6) is 11.5 Å². The summed E-state index contributed by atoms with van der Waals surface area (Å²) in [4.78, 5) is 11.9. The van der Waals surface area contributed by atoms with Crippen molar-refractivity contribution in [2.45, 2.75) is 78.1 Å². The van der Waals surface area contributed by atoms with Gasteiger partial charge in [0.15, 0.2) is 17.3 Å². The molecule has 0 aromatic heterocycles. The van der Waals surface area contributed by atoms with Crippen molar-refractivity contribution in [3.63, 3.8) is 0 Å². The van der Waals surface area contributed by atoms with Crippen LogP contribution in [0.3, 0.4) is 0 Å². The summed E-state index contributed by atoms with van der Waals surface area (Å²) >= 11 is 0. The second-order valence-electron chi connectivity index (χ2n) is 6.99. The van der Waals surface area contributed by atoms with Gasteiger partial charge in [-0.3, -0.25) is 4.79 Å². The molecular formula is C24H36O3. The molecule has 0 bridgehead atoms. The van der Waals surface area contributed by atoms with Crippen LogP contribution < -0.4 is 4.74 Å². The number of benzene rings is 1. The summed E-state index contributed by atoms with van der Waals surface area (Å²) in [5.74, 6) is 0.822. The fourth-order valence-electron chi connectivity index (χ4n) is 2.82. The van der Waals surface area contributed by atoms with Crippen molar-refractivity contribution >= 4 is 11.9 Å². The lowest BCUT2D eigenvalue weighted by atomic mass is 10.1. The number of allylic oxidation sites excluding steroid dienone is 3. The summed E-state index contributed by atoms with van der Waals surface area (Å²) in [6.07, 6.45) is 18.6. The summed E-state index contributed by atoms with van der Waals surface area (Å²) < 4.78 is 5.44. The molecule has 0 saturated heterocycles. The summed E-state index contributed by atoms with van der Waals surface area (Å²) in [5, 5.41) is 9.93. The highest BCUT2D eigenvalue weighted by Gasteiger charge is 2.01. The molecule has 3 heteroatoms. The fourth-order valence-corrected chi connectivity index (χ4v) is 2.82. The van der Waals surface area contributed by atoms with Gasteiger partial charge in [-0.2, -0.15) is 0 Å². The molecular weight excluding hydrogens is 336 g/mol. The molecule has 3 nitrogen and oxygen atoms in total. The summed E-state index contributed by atoms with van der Waals surface area (Å²) in [5.41, 5.74) is 0.872. The smallest absolute Gasteiger partial charge is 0.160 e. The molecule has 0 atom stereocenters. The number of phenols is 1. The van der Waals surface area contributed by atoms with Crippen LogP contribution >= 0.6 is 0 Å². The zero-order valence-corrected chi connectivity index (χ0v) is 17.1. The van der Waals surface area contributed by atoms with Gasteiger partial charge in [0.05, 0.1) is 6.61 Å². The van der Waals surface area contributed by atoms with Crippen LogP contribution in [-0.4, -0.2) is 17.5 Å². The molecule has 0 spiro atoms. The standard InChI is InChI=1S/C24H36O3/c1-3-5-6-7-8-9-10-11-15-22(25)16-13-12-14-21-17-18-24(23(26)20-21)27-19-4-2/h12-14,16-18,20,26H,3-11,15,19H2,1-2H3. The predicted octanol–water partition coefficient (Wildman–Crippen LogP) is 6.85. The van der Waals surface area contributed by atoms with Crippen molar-refractivity contribution in [2.75, 3.05) is 6.61 Å². The number of rotatable bonds is 15. The minimum Gasteiger partial charge on any atom is -0.504 e. The normalized spacial score (nSPS) is 11.5. The van der Waals surface area contributed by atoms with Crippen LogP contribution in [0.1, 0.15) is 83.6 Å². The van der Waals surface area contributed by atoms with E-state index in [1.165, 1.54) is 38.5 Å². The molecule has 0 unspecified atom stereocenters. The molecule has 0 fully saturated rings. The molecule has 0 aliphatic heterocycles. The third-order valence-electron chi connectivity index (χ3n) is 4.40. The van der Waals surface area contributed by atoms with E-state index in [-0.39, 0.29) is 11.5 Å². The second kappa shape index (κ2) is 15.1. The van der Waals surface area contributed by atoms with Crippen LogP contribution in [0.15, 0.2) is 36.4 Å². The molecule has 0 radical (unpaired) electrons. The van der Waals surface area contributed by atoms with Crippen molar-refractivity contribution in [1.82, 2.24) is 0 Å². The van der Waals surface area contributed by atoms with Crippen LogP contribution in [0.4, 0.5) is 0 Å². The first-order valence-electron chi connectivity index (χ1n) is 10.5. The highest BCUT2D eigenvalue weighted by molar-refractivity contribution is 5.89.